The Morgan fingerprint density at radius 3 is 2.55 bits per heavy atom. The summed E-state index contributed by atoms with van der Waals surface area (Å²) in [5, 5.41) is 0. The minimum atomic E-state index is -4.83. The molecule has 2 aromatic rings. The molecule has 1 saturated heterocycles. The number of halogens is 3. The molecular weight excluding hydrogens is 405 g/mol. The van der Waals surface area contributed by atoms with Gasteiger partial charge in [-0.15, -0.1) is 13.2 Å². The molecule has 29 heavy (non-hydrogen) atoms. The Bertz CT molecular complexity index is 931. The maximum atomic E-state index is 12.6. The van der Waals surface area contributed by atoms with Gasteiger partial charge in [0.25, 0.3) is 10.0 Å². The number of alkyl halides is 3. The standard InChI is InChI=1S/C20H23F3N2O3S/c1-2-11-25-12-10-16(14-25)15-4-3-5-17(13-15)24-29(26,27)19-8-6-18(7-9-19)28-20(21,22)23/h3-9,13,16,24H,2,10-12,14H2,1H3. The molecule has 0 amide bonds. The number of likely N-dealkylation sites (tertiary alicyclic amines) is 1. The predicted octanol–water partition coefficient (Wildman–Crippen LogP) is 4.59. The monoisotopic (exact) mass is 428 g/mol. The minimum Gasteiger partial charge on any atom is -0.406 e. The van der Waals surface area contributed by atoms with Crippen LogP contribution in [-0.4, -0.2) is 39.3 Å². The van der Waals surface area contributed by atoms with Gasteiger partial charge in [-0.2, -0.15) is 0 Å². The largest absolute Gasteiger partial charge is 0.573 e. The second kappa shape index (κ2) is 8.62. The van der Waals surface area contributed by atoms with Crippen LogP contribution >= 0.6 is 0 Å². The number of hydrogen-bond acceptors (Lipinski definition) is 4. The number of ether oxygens (including phenoxy) is 1. The first-order valence-corrected chi connectivity index (χ1v) is 10.9. The van der Waals surface area contributed by atoms with Crippen molar-refractivity contribution in [1.82, 2.24) is 4.90 Å². The van der Waals surface area contributed by atoms with Gasteiger partial charge < -0.3 is 9.64 Å². The van der Waals surface area contributed by atoms with E-state index in [9.17, 15) is 21.6 Å². The number of rotatable bonds is 7. The van der Waals surface area contributed by atoms with E-state index in [0.717, 1.165) is 62.3 Å². The highest BCUT2D eigenvalue weighted by Gasteiger charge is 2.31. The predicted molar refractivity (Wildman–Crippen MR) is 104 cm³/mol. The van der Waals surface area contributed by atoms with E-state index >= 15 is 0 Å². The average Bonchev–Trinajstić information content (AvgIpc) is 3.10. The summed E-state index contributed by atoms with van der Waals surface area (Å²) in [4.78, 5) is 2.25. The molecule has 0 saturated carbocycles. The van der Waals surface area contributed by atoms with Crippen molar-refractivity contribution in [2.24, 2.45) is 0 Å². The Kier molecular flexibility index (Phi) is 6.38. The second-order valence-electron chi connectivity index (χ2n) is 7.04. The van der Waals surface area contributed by atoms with Gasteiger partial charge in [0.15, 0.2) is 0 Å². The van der Waals surface area contributed by atoms with Crippen LogP contribution in [-0.2, 0) is 10.0 Å². The van der Waals surface area contributed by atoms with Gasteiger partial charge >= 0.3 is 6.36 Å². The molecule has 1 heterocycles. The van der Waals surface area contributed by atoms with Crippen molar-refractivity contribution in [3.63, 3.8) is 0 Å². The molecule has 9 heteroatoms. The zero-order chi connectivity index (χ0) is 21.1. The van der Waals surface area contributed by atoms with Gasteiger partial charge in [0.05, 0.1) is 4.90 Å². The third-order valence-electron chi connectivity index (χ3n) is 4.79. The summed E-state index contributed by atoms with van der Waals surface area (Å²) >= 11 is 0. The number of hydrogen-bond donors (Lipinski definition) is 1. The van der Waals surface area contributed by atoms with Crippen molar-refractivity contribution >= 4 is 15.7 Å². The van der Waals surface area contributed by atoms with E-state index in [-0.39, 0.29) is 4.90 Å². The number of sulfonamides is 1. The van der Waals surface area contributed by atoms with Crippen LogP contribution in [0.25, 0.3) is 0 Å². The van der Waals surface area contributed by atoms with Crippen LogP contribution < -0.4 is 9.46 Å². The molecule has 158 valence electrons. The molecule has 1 atom stereocenters. The Labute approximate surface area is 168 Å². The van der Waals surface area contributed by atoms with E-state index in [1.807, 2.05) is 12.1 Å². The lowest BCUT2D eigenvalue weighted by atomic mass is 9.98. The lowest BCUT2D eigenvalue weighted by Gasteiger charge is -2.16. The average molecular weight is 428 g/mol. The first kappa shape index (κ1) is 21.4. The van der Waals surface area contributed by atoms with E-state index in [1.54, 1.807) is 12.1 Å². The molecule has 0 bridgehead atoms. The van der Waals surface area contributed by atoms with Crippen molar-refractivity contribution in [2.75, 3.05) is 24.4 Å². The lowest BCUT2D eigenvalue weighted by Crippen LogP contribution is -2.21. The Morgan fingerprint density at radius 2 is 1.90 bits per heavy atom. The van der Waals surface area contributed by atoms with Gasteiger partial charge in [0.1, 0.15) is 5.75 Å². The Balaban J connectivity index is 1.71. The lowest BCUT2D eigenvalue weighted by molar-refractivity contribution is -0.274. The maximum absolute atomic E-state index is 12.6. The van der Waals surface area contributed by atoms with Crippen LogP contribution in [0.1, 0.15) is 31.2 Å². The van der Waals surface area contributed by atoms with Crippen LogP contribution in [0.4, 0.5) is 18.9 Å². The first-order valence-electron chi connectivity index (χ1n) is 9.37. The molecule has 0 aromatic heterocycles. The van der Waals surface area contributed by atoms with Gasteiger partial charge in [0.2, 0.25) is 0 Å². The van der Waals surface area contributed by atoms with E-state index in [2.05, 4.69) is 21.3 Å². The van der Waals surface area contributed by atoms with Crippen molar-refractivity contribution in [1.29, 1.82) is 0 Å². The van der Waals surface area contributed by atoms with Crippen molar-refractivity contribution in [2.45, 2.75) is 36.9 Å². The highest BCUT2D eigenvalue weighted by molar-refractivity contribution is 7.92. The molecule has 1 aliphatic rings. The summed E-state index contributed by atoms with van der Waals surface area (Å²) in [7, 11) is -3.93. The van der Waals surface area contributed by atoms with Crippen molar-refractivity contribution < 1.29 is 26.3 Å². The smallest absolute Gasteiger partial charge is 0.406 e. The fraction of sp³-hybridized carbons (Fsp3) is 0.400. The van der Waals surface area contributed by atoms with E-state index < -0.39 is 22.1 Å². The number of anilines is 1. The van der Waals surface area contributed by atoms with Gasteiger partial charge in [0, 0.05) is 12.2 Å². The van der Waals surface area contributed by atoms with Gasteiger partial charge in [-0.3, -0.25) is 4.72 Å². The van der Waals surface area contributed by atoms with Gasteiger partial charge in [-0.1, -0.05) is 19.1 Å². The van der Waals surface area contributed by atoms with Gasteiger partial charge in [-0.25, -0.2) is 8.42 Å². The summed E-state index contributed by atoms with van der Waals surface area (Å²) < 4.78 is 68.2. The van der Waals surface area contributed by atoms with Crippen LogP contribution in [0.2, 0.25) is 0 Å². The topological polar surface area (TPSA) is 58.6 Å². The molecular formula is C20H23F3N2O3S. The molecule has 0 aliphatic carbocycles. The first-order chi connectivity index (χ1) is 13.7. The fourth-order valence-electron chi connectivity index (χ4n) is 3.51. The summed E-state index contributed by atoms with van der Waals surface area (Å²) in [5.41, 5.74) is 1.49. The Hall–Kier alpha value is -2.26. The molecule has 2 aromatic carbocycles. The summed E-state index contributed by atoms with van der Waals surface area (Å²) in [6.45, 7) is 5.17. The van der Waals surface area contributed by atoms with E-state index in [4.69, 9.17) is 0 Å². The van der Waals surface area contributed by atoms with E-state index in [1.165, 1.54) is 0 Å². The van der Waals surface area contributed by atoms with Crippen LogP contribution in [0.5, 0.6) is 5.75 Å². The molecule has 1 unspecified atom stereocenters. The zero-order valence-corrected chi connectivity index (χ0v) is 16.8. The van der Waals surface area contributed by atoms with Crippen LogP contribution in [0.15, 0.2) is 53.4 Å². The minimum absolute atomic E-state index is 0.146. The van der Waals surface area contributed by atoms with Gasteiger partial charge in [-0.05, 0) is 73.8 Å². The molecule has 5 nitrogen and oxygen atoms in total. The van der Waals surface area contributed by atoms with E-state index in [0.29, 0.717) is 11.6 Å². The second-order valence-corrected chi connectivity index (χ2v) is 8.72. The molecule has 1 aliphatic heterocycles. The highest BCUT2D eigenvalue weighted by Crippen LogP contribution is 2.30. The Morgan fingerprint density at radius 1 is 1.17 bits per heavy atom. The molecule has 0 spiro atoms. The number of nitrogens with zero attached hydrogens (tertiary/aromatic N) is 1. The molecule has 1 N–H and O–H groups in total. The maximum Gasteiger partial charge on any atom is 0.573 e. The fourth-order valence-corrected chi connectivity index (χ4v) is 4.56. The molecule has 0 radical (unpaired) electrons. The normalized spacial score (nSPS) is 18.0. The summed E-state index contributed by atoms with van der Waals surface area (Å²) in [5.74, 6) is -0.124. The quantitative estimate of drug-likeness (QED) is 0.701. The van der Waals surface area contributed by atoms with Crippen molar-refractivity contribution in [3.05, 3.63) is 54.1 Å². The van der Waals surface area contributed by atoms with Crippen molar-refractivity contribution in [3.8, 4) is 5.75 Å². The molecule has 1 fully saturated rings. The number of nitrogens with one attached hydrogen (secondary N) is 1. The SMILES string of the molecule is CCCN1CCC(c2cccc(NS(=O)(=O)c3ccc(OC(F)(F)F)cc3)c2)C1. The van der Waals surface area contributed by atoms with Crippen LogP contribution in [0, 0.1) is 0 Å². The summed E-state index contributed by atoms with van der Waals surface area (Å²) in [6.07, 6.45) is -2.71. The number of benzene rings is 2. The van der Waals surface area contributed by atoms with Crippen LogP contribution in [0.3, 0.4) is 0 Å². The third kappa shape index (κ3) is 5.86. The third-order valence-corrected chi connectivity index (χ3v) is 6.19. The highest BCUT2D eigenvalue weighted by atomic mass is 32.2. The molecule has 3 rings (SSSR count). The summed E-state index contributed by atoms with van der Waals surface area (Å²) in [6, 6.07) is 11.4. The zero-order valence-electron chi connectivity index (χ0n) is 15.9.